The molecule has 0 bridgehead atoms. The maximum atomic E-state index is 12.9. The molecule has 0 spiro atoms. The summed E-state index contributed by atoms with van der Waals surface area (Å²) in [5.41, 5.74) is 0. The normalized spacial score (nSPS) is 12.3. The zero-order valence-electron chi connectivity index (χ0n) is 55.3. The van der Waals surface area contributed by atoms with Crippen molar-refractivity contribution in [3.63, 3.8) is 0 Å². The van der Waals surface area contributed by atoms with Gasteiger partial charge in [0.05, 0.1) is 0 Å². The molecule has 0 aromatic rings. The van der Waals surface area contributed by atoms with Crippen LogP contribution in [0.5, 0.6) is 0 Å². The van der Waals surface area contributed by atoms with Crippen molar-refractivity contribution in [3.05, 3.63) is 48.6 Å². The molecule has 0 fully saturated rings. The Morgan fingerprint density at radius 2 is 0.476 bits per heavy atom. The summed E-state index contributed by atoms with van der Waals surface area (Å²) in [6, 6.07) is 0. The van der Waals surface area contributed by atoms with Gasteiger partial charge in [0.15, 0.2) is 6.10 Å². The fourth-order valence-electron chi connectivity index (χ4n) is 11.1. The van der Waals surface area contributed by atoms with Gasteiger partial charge in [-0.3, -0.25) is 14.4 Å². The molecule has 6 heteroatoms. The fraction of sp³-hybridized carbons (Fsp3) is 0.855. The lowest BCUT2D eigenvalue weighted by Gasteiger charge is -2.18. The van der Waals surface area contributed by atoms with Gasteiger partial charge in [0.25, 0.3) is 0 Å². The Morgan fingerprint density at radius 1 is 0.256 bits per heavy atom. The van der Waals surface area contributed by atoms with Crippen molar-refractivity contribution in [2.24, 2.45) is 0 Å². The van der Waals surface area contributed by atoms with E-state index in [0.29, 0.717) is 19.3 Å². The van der Waals surface area contributed by atoms with Crippen LogP contribution in [0.1, 0.15) is 400 Å². The summed E-state index contributed by atoms with van der Waals surface area (Å²) < 4.78 is 16.8. The number of esters is 3. The van der Waals surface area contributed by atoms with Crippen LogP contribution in [0.4, 0.5) is 0 Å². The summed E-state index contributed by atoms with van der Waals surface area (Å²) in [5.74, 6) is -0.851. The molecule has 82 heavy (non-hydrogen) atoms. The second-order valence-electron chi connectivity index (χ2n) is 24.8. The molecule has 0 aliphatic rings. The van der Waals surface area contributed by atoms with Gasteiger partial charge in [-0.2, -0.15) is 0 Å². The summed E-state index contributed by atoms with van der Waals surface area (Å²) in [7, 11) is 0. The van der Waals surface area contributed by atoms with Gasteiger partial charge < -0.3 is 14.2 Å². The van der Waals surface area contributed by atoms with Crippen LogP contribution in [0.3, 0.4) is 0 Å². The molecule has 0 saturated carbocycles. The molecule has 0 aromatic carbocycles. The van der Waals surface area contributed by atoms with E-state index in [1.54, 1.807) is 0 Å². The summed E-state index contributed by atoms with van der Waals surface area (Å²) >= 11 is 0. The predicted molar refractivity (Wildman–Crippen MR) is 358 cm³/mol. The quantitative estimate of drug-likeness (QED) is 0.0261. The van der Waals surface area contributed by atoms with Gasteiger partial charge in [-0.05, 0) is 57.8 Å². The van der Waals surface area contributed by atoms with E-state index < -0.39 is 6.10 Å². The van der Waals surface area contributed by atoms with E-state index >= 15 is 0 Å². The van der Waals surface area contributed by atoms with E-state index in [4.69, 9.17) is 14.2 Å². The molecule has 0 amide bonds. The van der Waals surface area contributed by atoms with Gasteiger partial charge in [-0.1, -0.05) is 371 Å². The maximum Gasteiger partial charge on any atom is 0.306 e. The third-order valence-corrected chi connectivity index (χ3v) is 16.6. The van der Waals surface area contributed by atoms with Crippen LogP contribution in [0, 0.1) is 0 Å². The van der Waals surface area contributed by atoms with E-state index in [-0.39, 0.29) is 31.1 Å². The Hall–Kier alpha value is -2.63. The average Bonchev–Trinajstić information content (AvgIpc) is 3.48. The van der Waals surface area contributed by atoms with E-state index in [1.165, 1.54) is 270 Å². The average molecular weight is 1150 g/mol. The highest BCUT2D eigenvalue weighted by molar-refractivity contribution is 5.71. The Labute approximate surface area is 511 Å². The summed E-state index contributed by atoms with van der Waals surface area (Å²) in [6.07, 6.45) is 90.8. The zero-order chi connectivity index (χ0) is 59.2. The standard InChI is InChI=1S/C76H140O6/c1-4-7-10-13-15-17-19-21-23-25-27-29-31-33-34-35-36-37-38-39-40-41-42-43-45-46-48-50-52-54-56-58-60-63-66-69-75(78)81-72-73(71-80-74(77)68-65-62-12-9-6-3)82-76(79)70-67-64-61-59-57-55-53-51-49-47-44-32-30-28-26-24-22-20-18-16-14-11-8-5-2/h7,10,15,17,21,23,27,29,73H,4-6,8-9,11-14,16,18-20,22,24-26,28,30-72H2,1-3H3/b10-7-,17-15-,23-21-,29-27-. The minimum Gasteiger partial charge on any atom is -0.462 e. The first kappa shape index (κ1) is 79.4. The molecule has 0 heterocycles. The molecule has 0 aliphatic heterocycles. The van der Waals surface area contributed by atoms with Gasteiger partial charge in [0, 0.05) is 19.3 Å². The van der Waals surface area contributed by atoms with Gasteiger partial charge in [0.1, 0.15) is 13.2 Å². The van der Waals surface area contributed by atoms with Crippen molar-refractivity contribution in [1.29, 1.82) is 0 Å². The van der Waals surface area contributed by atoms with E-state index in [2.05, 4.69) is 69.4 Å². The van der Waals surface area contributed by atoms with Gasteiger partial charge in [-0.15, -0.1) is 0 Å². The third kappa shape index (κ3) is 68.2. The number of carbonyl (C=O) groups excluding carboxylic acids is 3. The fourth-order valence-corrected chi connectivity index (χ4v) is 11.1. The second kappa shape index (κ2) is 70.9. The molecule has 1 atom stereocenters. The molecule has 1 unspecified atom stereocenters. The number of carbonyl (C=O) groups is 3. The molecule has 0 aliphatic carbocycles. The summed E-state index contributed by atoms with van der Waals surface area (Å²) in [6.45, 7) is 6.52. The predicted octanol–water partition coefficient (Wildman–Crippen LogP) is 25.3. The number of ether oxygens (including phenoxy) is 3. The van der Waals surface area contributed by atoms with Crippen molar-refractivity contribution in [1.82, 2.24) is 0 Å². The van der Waals surface area contributed by atoms with Crippen LogP contribution in [0.15, 0.2) is 48.6 Å². The molecule has 0 saturated heterocycles. The number of allylic oxidation sites excluding steroid dienone is 8. The van der Waals surface area contributed by atoms with Crippen molar-refractivity contribution in [2.75, 3.05) is 13.2 Å². The molecule has 0 aromatic heterocycles. The highest BCUT2D eigenvalue weighted by Gasteiger charge is 2.19. The number of hydrogen-bond acceptors (Lipinski definition) is 6. The Kier molecular flexibility index (Phi) is 68.6. The van der Waals surface area contributed by atoms with Crippen LogP contribution in [-0.4, -0.2) is 37.2 Å². The first-order valence-electron chi connectivity index (χ1n) is 36.6. The number of unbranched alkanes of at least 4 members (excludes halogenated alkanes) is 49. The van der Waals surface area contributed by atoms with E-state index in [9.17, 15) is 14.4 Å². The molecule has 0 radical (unpaired) electrons. The van der Waals surface area contributed by atoms with Crippen molar-refractivity contribution < 1.29 is 28.6 Å². The lowest BCUT2D eigenvalue weighted by molar-refractivity contribution is -0.167. The number of rotatable bonds is 68. The summed E-state index contributed by atoms with van der Waals surface area (Å²) in [4.78, 5) is 38.0. The molecule has 0 rings (SSSR count). The van der Waals surface area contributed by atoms with Crippen molar-refractivity contribution >= 4 is 17.9 Å². The molecular weight excluding hydrogens is 1010 g/mol. The first-order valence-corrected chi connectivity index (χ1v) is 36.6. The van der Waals surface area contributed by atoms with E-state index in [1.807, 2.05) is 0 Å². The molecule has 6 nitrogen and oxygen atoms in total. The minimum absolute atomic E-state index is 0.0658. The highest BCUT2D eigenvalue weighted by atomic mass is 16.6. The van der Waals surface area contributed by atoms with Crippen LogP contribution >= 0.6 is 0 Å². The molecule has 480 valence electrons. The van der Waals surface area contributed by atoms with Gasteiger partial charge >= 0.3 is 17.9 Å². The smallest absolute Gasteiger partial charge is 0.306 e. The topological polar surface area (TPSA) is 78.9 Å². The lowest BCUT2D eigenvalue weighted by Crippen LogP contribution is -2.30. The summed E-state index contributed by atoms with van der Waals surface area (Å²) in [5, 5.41) is 0. The SMILES string of the molecule is CC/C=C\C/C=C\C/C=C\C/C=C\CCCCCCCCCCCCCCCCCCCCCCCCC(=O)OCC(COC(=O)CCCCCCC)OC(=O)CCCCCCCCCCCCCCCCCCCCCCCCCC. The Morgan fingerprint density at radius 3 is 0.744 bits per heavy atom. The number of hydrogen-bond donors (Lipinski definition) is 0. The van der Waals surface area contributed by atoms with Crippen molar-refractivity contribution in [3.8, 4) is 0 Å². The van der Waals surface area contributed by atoms with Crippen LogP contribution < -0.4 is 0 Å². The monoisotopic (exact) mass is 1150 g/mol. The van der Waals surface area contributed by atoms with Gasteiger partial charge in [0.2, 0.25) is 0 Å². The van der Waals surface area contributed by atoms with Crippen LogP contribution in [0.2, 0.25) is 0 Å². The van der Waals surface area contributed by atoms with Crippen molar-refractivity contribution in [2.45, 2.75) is 406 Å². The van der Waals surface area contributed by atoms with E-state index in [0.717, 1.165) is 89.9 Å². The first-order chi connectivity index (χ1) is 40.5. The van der Waals surface area contributed by atoms with Crippen LogP contribution in [-0.2, 0) is 28.6 Å². The molecular formula is C76H140O6. The van der Waals surface area contributed by atoms with Gasteiger partial charge in [-0.25, -0.2) is 0 Å². The third-order valence-electron chi connectivity index (χ3n) is 16.6. The Bertz CT molecular complexity index is 1410. The largest absolute Gasteiger partial charge is 0.462 e. The molecule has 0 N–H and O–H groups in total. The second-order valence-corrected chi connectivity index (χ2v) is 24.8. The lowest BCUT2D eigenvalue weighted by atomic mass is 10.0. The Balaban J connectivity index is 3.87. The van der Waals surface area contributed by atoms with Crippen LogP contribution in [0.25, 0.3) is 0 Å². The maximum absolute atomic E-state index is 12.9. The zero-order valence-corrected chi connectivity index (χ0v) is 55.3. The minimum atomic E-state index is -0.765. The highest BCUT2D eigenvalue weighted by Crippen LogP contribution is 2.19.